The normalized spacial score (nSPS) is 11.8. The molecule has 166 valence electrons. The van der Waals surface area contributed by atoms with Crippen molar-refractivity contribution in [2.75, 3.05) is 26.3 Å². The maximum Gasteiger partial charge on any atom is 0.259 e. The van der Waals surface area contributed by atoms with Gasteiger partial charge in [-0.1, -0.05) is 18.2 Å². The largest absolute Gasteiger partial charge is 0.497 e. The number of carbonyl (C=O) groups excluding carboxylic acids is 1. The van der Waals surface area contributed by atoms with Gasteiger partial charge < -0.3 is 24.3 Å². The van der Waals surface area contributed by atoms with Gasteiger partial charge >= 0.3 is 0 Å². The molecule has 0 spiro atoms. The van der Waals surface area contributed by atoms with Gasteiger partial charge in [-0.2, -0.15) is 5.10 Å². The molecule has 0 saturated carbocycles. The van der Waals surface area contributed by atoms with Crippen LogP contribution in [-0.2, 0) is 0 Å². The molecule has 33 heavy (non-hydrogen) atoms. The standard InChI is InChI=1S/C25H21N3O5/c1-30-18-9-11-21(31-2)19(13-18)24-20(14-28(27-24)17-6-4-3-5-7-17)25(29)26-16-8-10-22-23(12-16)33-15-32-22/h3-14H,15H2,1-2H3,(H,26,29). The Bertz CT molecular complexity index is 1320. The number of methoxy groups -OCH3 is 2. The Balaban J connectivity index is 1.58. The van der Waals surface area contributed by atoms with E-state index in [0.29, 0.717) is 45.5 Å². The molecule has 0 fully saturated rings. The van der Waals surface area contributed by atoms with E-state index in [-0.39, 0.29) is 12.7 Å². The van der Waals surface area contributed by atoms with Gasteiger partial charge in [-0.05, 0) is 42.5 Å². The summed E-state index contributed by atoms with van der Waals surface area (Å²) in [6.07, 6.45) is 1.70. The van der Waals surface area contributed by atoms with Gasteiger partial charge in [0, 0.05) is 23.5 Å². The molecule has 4 aromatic rings. The minimum atomic E-state index is -0.323. The van der Waals surface area contributed by atoms with Crippen molar-refractivity contribution in [3.8, 4) is 39.9 Å². The van der Waals surface area contributed by atoms with Gasteiger partial charge in [0.2, 0.25) is 6.79 Å². The molecule has 0 saturated heterocycles. The second-order valence-electron chi connectivity index (χ2n) is 7.26. The summed E-state index contributed by atoms with van der Waals surface area (Å²) in [6.45, 7) is 0.163. The first-order valence-corrected chi connectivity index (χ1v) is 10.2. The topological polar surface area (TPSA) is 83.8 Å². The maximum absolute atomic E-state index is 13.4. The molecule has 0 aliphatic carbocycles. The Morgan fingerprint density at radius 1 is 0.970 bits per heavy atom. The van der Waals surface area contributed by atoms with Crippen molar-refractivity contribution in [1.29, 1.82) is 0 Å². The summed E-state index contributed by atoms with van der Waals surface area (Å²) in [5.41, 5.74) is 2.89. The van der Waals surface area contributed by atoms with E-state index in [1.807, 2.05) is 30.3 Å². The van der Waals surface area contributed by atoms with Gasteiger partial charge in [0.25, 0.3) is 5.91 Å². The summed E-state index contributed by atoms with van der Waals surface area (Å²) in [5.74, 6) is 2.11. The minimum Gasteiger partial charge on any atom is -0.497 e. The number of carbonyl (C=O) groups is 1. The molecule has 1 aliphatic heterocycles. The van der Waals surface area contributed by atoms with Crippen LogP contribution in [0.5, 0.6) is 23.0 Å². The maximum atomic E-state index is 13.4. The highest BCUT2D eigenvalue weighted by Crippen LogP contribution is 2.37. The van der Waals surface area contributed by atoms with E-state index in [1.54, 1.807) is 61.5 Å². The minimum absolute atomic E-state index is 0.163. The fourth-order valence-electron chi connectivity index (χ4n) is 3.62. The van der Waals surface area contributed by atoms with Gasteiger partial charge in [-0.15, -0.1) is 0 Å². The summed E-state index contributed by atoms with van der Waals surface area (Å²) >= 11 is 0. The molecule has 8 nitrogen and oxygen atoms in total. The van der Waals surface area contributed by atoms with Crippen molar-refractivity contribution in [1.82, 2.24) is 9.78 Å². The Labute approximate surface area is 190 Å². The number of anilines is 1. The van der Waals surface area contributed by atoms with Crippen LogP contribution >= 0.6 is 0 Å². The van der Waals surface area contributed by atoms with Crippen molar-refractivity contribution in [3.63, 3.8) is 0 Å². The molecular weight excluding hydrogens is 422 g/mol. The van der Waals surface area contributed by atoms with Crippen molar-refractivity contribution >= 4 is 11.6 Å². The Morgan fingerprint density at radius 2 is 1.79 bits per heavy atom. The summed E-state index contributed by atoms with van der Waals surface area (Å²) in [7, 11) is 3.16. The number of rotatable bonds is 6. The molecule has 2 heterocycles. The molecule has 0 bridgehead atoms. The first-order chi connectivity index (χ1) is 16.2. The number of para-hydroxylation sites is 1. The molecule has 0 radical (unpaired) electrons. The molecule has 1 amide bonds. The zero-order chi connectivity index (χ0) is 22.8. The molecule has 1 aromatic heterocycles. The van der Waals surface area contributed by atoms with Crippen LogP contribution in [-0.4, -0.2) is 36.7 Å². The van der Waals surface area contributed by atoms with E-state index >= 15 is 0 Å². The zero-order valence-electron chi connectivity index (χ0n) is 18.1. The molecule has 1 N–H and O–H groups in total. The Morgan fingerprint density at radius 3 is 2.58 bits per heavy atom. The van der Waals surface area contributed by atoms with Gasteiger partial charge in [-0.25, -0.2) is 4.68 Å². The van der Waals surface area contributed by atoms with Crippen molar-refractivity contribution in [3.05, 3.63) is 78.5 Å². The van der Waals surface area contributed by atoms with E-state index in [1.165, 1.54) is 0 Å². The van der Waals surface area contributed by atoms with Gasteiger partial charge in [0.1, 0.15) is 17.2 Å². The Kier molecular flexibility index (Phi) is 5.32. The van der Waals surface area contributed by atoms with Crippen molar-refractivity contribution in [2.45, 2.75) is 0 Å². The van der Waals surface area contributed by atoms with E-state index in [9.17, 15) is 4.79 Å². The van der Waals surface area contributed by atoms with E-state index in [0.717, 1.165) is 5.69 Å². The molecule has 3 aromatic carbocycles. The van der Waals surface area contributed by atoms with Crippen LogP contribution < -0.4 is 24.3 Å². The molecule has 0 atom stereocenters. The van der Waals surface area contributed by atoms with Crippen LogP contribution in [0.4, 0.5) is 5.69 Å². The fraction of sp³-hybridized carbons (Fsp3) is 0.120. The van der Waals surface area contributed by atoms with Crippen LogP contribution in [0.3, 0.4) is 0 Å². The molecular formula is C25H21N3O5. The molecule has 8 heteroatoms. The average Bonchev–Trinajstić information content (AvgIpc) is 3.51. The fourth-order valence-corrected chi connectivity index (χ4v) is 3.62. The monoisotopic (exact) mass is 443 g/mol. The third-order valence-corrected chi connectivity index (χ3v) is 5.27. The van der Waals surface area contributed by atoms with Crippen LogP contribution in [0.15, 0.2) is 72.9 Å². The highest BCUT2D eigenvalue weighted by Gasteiger charge is 2.23. The van der Waals surface area contributed by atoms with Crippen molar-refractivity contribution < 1.29 is 23.7 Å². The molecule has 1 aliphatic rings. The average molecular weight is 443 g/mol. The number of nitrogens with one attached hydrogen (secondary N) is 1. The number of hydrogen-bond donors (Lipinski definition) is 1. The lowest BCUT2D eigenvalue weighted by atomic mass is 10.1. The third kappa shape index (κ3) is 3.94. The zero-order valence-corrected chi connectivity index (χ0v) is 18.1. The number of hydrogen-bond acceptors (Lipinski definition) is 6. The number of benzene rings is 3. The number of ether oxygens (including phenoxy) is 4. The van der Waals surface area contributed by atoms with Crippen LogP contribution in [0, 0.1) is 0 Å². The van der Waals surface area contributed by atoms with E-state index in [2.05, 4.69) is 5.32 Å². The summed E-state index contributed by atoms with van der Waals surface area (Å²) in [5, 5.41) is 7.66. The smallest absolute Gasteiger partial charge is 0.259 e. The highest BCUT2D eigenvalue weighted by atomic mass is 16.7. The number of fused-ring (bicyclic) bond motifs is 1. The molecule has 0 unspecified atom stereocenters. The quantitative estimate of drug-likeness (QED) is 0.471. The lowest BCUT2D eigenvalue weighted by Crippen LogP contribution is -2.12. The van der Waals surface area contributed by atoms with Gasteiger partial charge in [0.05, 0.1) is 25.5 Å². The van der Waals surface area contributed by atoms with E-state index < -0.39 is 0 Å². The second-order valence-corrected chi connectivity index (χ2v) is 7.26. The van der Waals surface area contributed by atoms with Crippen LogP contribution in [0.2, 0.25) is 0 Å². The van der Waals surface area contributed by atoms with Crippen LogP contribution in [0.25, 0.3) is 16.9 Å². The summed E-state index contributed by atoms with van der Waals surface area (Å²) in [4.78, 5) is 13.4. The van der Waals surface area contributed by atoms with Crippen molar-refractivity contribution in [2.24, 2.45) is 0 Å². The number of amides is 1. The lowest BCUT2D eigenvalue weighted by Gasteiger charge is -2.11. The molecule has 5 rings (SSSR count). The summed E-state index contributed by atoms with van der Waals surface area (Å²) in [6, 6.07) is 20.2. The first-order valence-electron chi connectivity index (χ1n) is 10.2. The SMILES string of the molecule is COc1ccc(OC)c(-c2nn(-c3ccccc3)cc2C(=O)Nc2ccc3c(c2)OCO3)c1. The lowest BCUT2D eigenvalue weighted by molar-refractivity contribution is 0.102. The summed E-state index contributed by atoms with van der Waals surface area (Å²) < 4.78 is 23.4. The predicted molar refractivity (Wildman–Crippen MR) is 123 cm³/mol. The predicted octanol–water partition coefficient (Wildman–Crippen LogP) is 4.54. The second kappa shape index (κ2) is 8.58. The van der Waals surface area contributed by atoms with Gasteiger partial charge in [-0.3, -0.25) is 4.79 Å². The van der Waals surface area contributed by atoms with Crippen LogP contribution in [0.1, 0.15) is 10.4 Å². The first kappa shape index (κ1) is 20.4. The highest BCUT2D eigenvalue weighted by molar-refractivity contribution is 6.08. The number of nitrogens with zero attached hydrogens (tertiary/aromatic N) is 2. The third-order valence-electron chi connectivity index (χ3n) is 5.27. The Hall–Kier alpha value is -4.46. The van der Waals surface area contributed by atoms with Gasteiger partial charge in [0.15, 0.2) is 11.5 Å². The number of aromatic nitrogens is 2. The van der Waals surface area contributed by atoms with E-state index in [4.69, 9.17) is 24.0 Å².